The van der Waals surface area contributed by atoms with Crippen LogP contribution >= 0.6 is 11.8 Å². The van der Waals surface area contributed by atoms with Gasteiger partial charge < -0.3 is 14.4 Å². The maximum atomic E-state index is 11.8. The first-order chi connectivity index (χ1) is 12.2. The lowest BCUT2D eigenvalue weighted by Gasteiger charge is -2.15. The highest BCUT2D eigenvalue weighted by Gasteiger charge is 2.29. The van der Waals surface area contributed by atoms with E-state index in [-0.39, 0.29) is 11.2 Å². The highest BCUT2D eigenvalue weighted by molar-refractivity contribution is 8.00. The third kappa shape index (κ3) is 3.58. The molecular formula is C17H22N4O3S. The molecule has 1 unspecified atom stereocenters. The number of ether oxygens (including phenoxy) is 2. The summed E-state index contributed by atoms with van der Waals surface area (Å²) in [4.78, 5) is 13.9. The van der Waals surface area contributed by atoms with E-state index < -0.39 is 0 Å². The van der Waals surface area contributed by atoms with Crippen LogP contribution in [0, 0.1) is 0 Å². The fraction of sp³-hybridized carbons (Fsp3) is 0.471. The number of hydrogen-bond donors (Lipinski definition) is 0. The van der Waals surface area contributed by atoms with Crippen LogP contribution < -0.4 is 9.64 Å². The Hall–Kier alpha value is -2.22. The average molecular weight is 362 g/mol. The van der Waals surface area contributed by atoms with E-state index in [1.54, 1.807) is 0 Å². The molecule has 2 heterocycles. The van der Waals surface area contributed by atoms with E-state index in [1.807, 2.05) is 42.7 Å². The van der Waals surface area contributed by atoms with Gasteiger partial charge in [0.05, 0.1) is 13.7 Å². The van der Waals surface area contributed by atoms with E-state index >= 15 is 0 Å². The van der Waals surface area contributed by atoms with E-state index in [9.17, 15) is 4.79 Å². The van der Waals surface area contributed by atoms with Crippen molar-refractivity contribution in [2.24, 2.45) is 0 Å². The van der Waals surface area contributed by atoms with Crippen molar-refractivity contribution in [1.82, 2.24) is 14.8 Å². The van der Waals surface area contributed by atoms with Crippen molar-refractivity contribution in [3.63, 3.8) is 0 Å². The highest BCUT2D eigenvalue weighted by Crippen LogP contribution is 2.34. The van der Waals surface area contributed by atoms with Gasteiger partial charge in [-0.25, -0.2) is 0 Å². The van der Waals surface area contributed by atoms with Gasteiger partial charge in [-0.05, 0) is 37.6 Å². The standard InChI is InChI=1S/C17H22N4O3S/c1-4-14(15(22)23-3)25-17-19-18-16-20(10-11-21(16)17)12-6-8-13(9-7-12)24-5-2/h6-9,14H,4-5,10-11H2,1-3H3. The van der Waals surface area contributed by atoms with Gasteiger partial charge in [-0.1, -0.05) is 18.7 Å². The number of hydrogen-bond acceptors (Lipinski definition) is 7. The summed E-state index contributed by atoms with van der Waals surface area (Å²) in [6, 6.07) is 7.95. The lowest BCUT2D eigenvalue weighted by molar-refractivity contribution is -0.140. The zero-order chi connectivity index (χ0) is 17.8. The van der Waals surface area contributed by atoms with Crippen LogP contribution in [0.1, 0.15) is 20.3 Å². The molecule has 1 atom stereocenters. The zero-order valence-electron chi connectivity index (χ0n) is 14.6. The highest BCUT2D eigenvalue weighted by atomic mass is 32.2. The van der Waals surface area contributed by atoms with Gasteiger partial charge in [0.25, 0.3) is 0 Å². The minimum Gasteiger partial charge on any atom is -0.494 e. The molecule has 7 nitrogen and oxygen atoms in total. The van der Waals surface area contributed by atoms with E-state index in [1.165, 1.54) is 18.9 Å². The molecule has 0 radical (unpaired) electrons. The van der Waals surface area contributed by atoms with E-state index in [4.69, 9.17) is 9.47 Å². The van der Waals surface area contributed by atoms with Crippen molar-refractivity contribution in [3.8, 4) is 5.75 Å². The topological polar surface area (TPSA) is 69.5 Å². The molecule has 0 saturated carbocycles. The average Bonchev–Trinajstić information content (AvgIpc) is 3.22. The van der Waals surface area contributed by atoms with Gasteiger partial charge in [-0.2, -0.15) is 0 Å². The summed E-state index contributed by atoms with van der Waals surface area (Å²) in [6.07, 6.45) is 0.683. The monoisotopic (exact) mass is 362 g/mol. The summed E-state index contributed by atoms with van der Waals surface area (Å²) in [5.74, 6) is 1.42. The molecule has 0 bridgehead atoms. The number of nitrogens with zero attached hydrogens (tertiary/aromatic N) is 4. The molecule has 1 aliphatic heterocycles. The second kappa shape index (κ2) is 7.77. The first-order valence-electron chi connectivity index (χ1n) is 8.36. The lowest BCUT2D eigenvalue weighted by Crippen LogP contribution is -2.18. The van der Waals surface area contributed by atoms with Crippen molar-refractivity contribution in [2.45, 2.75) is 37.2 Å². The fourth-order valence-electron chi connectivity index (χ4n) is 2.75. The summed E-state index contributed by atoms with van der Waals surface area (Å²) in [5, 5.41) is 9.07. The van der Waals surface area contributed by atoms with Crippen LogP contribution in [0.25, 0.3) is 0 Å². The molecule has 25 heavy (non-hydrogen) atoms. The van der Waals surface area contributed by atoms with Crippen LogP contribution in [0.4, 0.5) is 11.6 Å². The van der Waals surface area contributed by atoms with Crippen LogP contribution in [0.15, 0.2) is 29.4 Å². The fourth-order valence-corrected chi connectivity index (χ4v) is 3.76. The SMILES string of the molecule is CCOc1ccc(N2CCn3c(SC(CC)C(=O)OC)nnc32)cc1. The van der Waals surface area contributed by atoms with Gasteiger partial charge in [0.2, 0.25) is 5.95 Å². The Balaban J connectivity index is 1.78. The first-order valence-corrected chi connectivity index (χ1v) is 9.24. The number of methoxy groups -OCH3 is 1. The number of fused-ring (bicyclic) bond motifs is 1. The molecule has 0 spiro atoms. The summed E-state index contributed by atoms with van der Waals surface area (Å²) in [5.41, 5.74) is 1.05. The summed E-state index contributed by atoms with van der Waals surface area (Å²) < 4.78 is 12.4. The van der Waals surface area contributed by atoms with E-state index in [0.717, 1.165) is 35.6 Å². The number of anilines is 2. The molecular weight excluding hydrogens is 340 g/mol. The Morgan fingerprint density at radius 3 is 2.64 bits per heavy atom. The largest absolute Gasteiger partial charge is 0.494 e. The number of carbonyl (C=O) groups is 1. The molecule has 1 aromatic heterocycles. The summed E-state index contributed by atoms with van der Waals surface area (Å²) >= 11 is 1.41. The van der Waals surface area contributed by atoms with Crippen LogP contribution in [-0.2, 0) is 16.1 Å². The summed E-state index contributed by atoms with van der Waals surface area (Å²) in [7, 11) is 1.41. The predicted molar refractivity (Wildman–Crippen MR) is 96.6 cm³/mol. The molecule has 3 rings (SSSR count). The molecule has 134 valence electrons. The van der Waals surface area contributed by atoms with Crippen molar-refractivity contribution in [1.29, 1.82) is 0 Å². The minimum absolute atomic E-state index is 0.230. The molecule has 0 aliphatic carbocycles. The third-order valence-electron chi connectivity index (χ3n) is 4.03. The second-order valence-electron chi connectivity index (χ2n) is 5.55. The smallest absolute Gasteiger partial charge is 0.319 e. The van der Waals surface area contributed by atoms with Gasteiger partial charge in [0.1, 0.15) is 11.0 Å². The number of rotatable bonds is 7. The van der Waals surface area contributed by atoms with Gasteiger partial charge in [-0.3, -0.25) is 9.36 Å². The maximum Gasteiger partial charge on any atom is 0.319 e. The van der Waals surface area contributed by atoms with Gasteiger partial charge in [0, 0.05) is 18.8 Å². The molecule has 0 N–H and O–H groups in total. The lowest BCUT2D eigenvalue weighted by atomic mass is 10.3. The zero-order valence-corrected chi connectivity index (χ0v) is 15.5. The number of aromatic nitrogens is 3. The van der Waals surface area contributed by atoms with Gasteiger partial charge in [0.15, 0.2) is 5.16 Å². The molecule has 8 heteroatoms. The van der Waals surface area contributed by atoms with Crippen molar-refractivity contribution in [2.75, 3.05) is 25.2 Å². The third-order valence-corrected chi connectivity index (χ3v) is 5.35. The predicted octanol–water partition coefficient (Wildman–Crippen LogP) is 2.87. The quantitative estimate of drug-likeness (QED) is 0.554. The number of thioether (sulfide) groups is 1. The summed E-state index contributed by atoms with van der Waals surface area (Å²) in [6.45, 7) is 6.18. The molecule has 2 aromatic rings. The molecule has 0 fully saturated rings. The Labute approximate surface area is 151 Å². The molecule has 0 amide bonds. The van der Waals surface area contributed by atoms with Crippen molar-refractivity contribution in [3.05, 3.63) is 24.3 Å². The van der Waals surface area contributed by atoms with Crippen LogP contribution in [0.2, 0.25) is 0 Å². The molecule has 1 aliphatic rings. The Bertz CT molecular complexity index is 732. The second-order valence-corrected chi connectivity index (χ2v) is 6.72. The number of carbonyl (C=O) groups excluding carboxylic acids is 1. The van der Waals surface area contributed by atoms with Crippen molar-refractivity contribution >= 4 is 29.4 Å². The Morgan fingerprint density at radius 1 is 1.24 bits per heavy atom. The normalized spacial score (nSPS) is 14.3. The van der Waals surface area contributed by atoms with Gasteiger partial charge >= 0.3 is 5.97 Å². The Kier molecular flexibility index (Phi) is 5.47. The number of benzene rings is 1. The minimum atomic E-state index is -0.266. The maximum absolute atomic E-state index is 11.8. The number of esters is 1. The Morgan fingerprint density at radius 2 is 2.00 bits per heavy atom. The van der Waals surface area contributed by atoms with Crippen LogP contribution in [0.3, 0.4) is 0 Å². The van der Waals surface area contributed by atoms with E-state index in [2.05, 4.69) is 15.1 Å². The van der Waals surface area contributed by atoms with Gasteiger partial charge in [-0.15, -0.1) is 10.2 Å². The van der Waals surface area contributed by atoms with E-state index in [0.29, 0.717) is 13.0 Å². The van der Waals surface area contributed by atoms with Crippen LogP contribution in [0.5, 0.6) is 5.75 Å². The molecule has 0 saturated heterocycles. The first kappa shape index (κ1) is 17.6. The van der Waals surface area contributed by atoms with Crippen molar-refractivity contribution < 1.29 is 14.3 Å². The molecule has 1 aromatic carbocycles. The van der Waals surface area contributed by atoms with Crippen LogP contribution in [-0.4, -0.2) is 46.2 Å².